The quantitative estimate of drug-likeness (QED) is 0.325. The van der Waals surface area contributed by atoms with Gasteiger partial charge >= 0.3 is 6.18 Å². The molecule has 0 spiro atoms. The van der Waals surface area contributed by atoms with Gasteiger partial charge in [-0.2, -0.15) is 13.2 Å². The van der Waals surface area contributed by atoms with Crippen molar-refractivity contribution in [1.82, 2.24) is 24.5 Å². The number of benzene rings is 2. The number of anilines is 1. The molecule has 0 bridgehead atoms. The van der Waals surface area contributed by atoms with Gasteiger partial charge in [0.2, 0.25) is 0 Å². The topological polar surface area (TPSA) is 67.6 Å². The first-order valence-electron chi connectivity index (χ1n) is 12.1. The number of imidazole rings is 1. The van der Waals surface area contributed by atoms with Crippen LogP contribution in [-0.4, -0.2) is 56.8 Å². The van der Waals surface area contributed by atoms with Gasteiger partial charge in [-0.15, -0.1) is 10.2 Å². The minimum atomic E-state index is -4.52. The summed E-state index contributed by atoms with van der Waals surface area (Å²) in [5.41, 5.74) is 0.848. The molecule has 1 aliphatic rings. The van der Waals surface area contributed by atoms with Crippen molar-refractivity contribution >= 4 is 11.5 Å². The maximum absolute atomic E-state index is 13.5. The van der Waals surface area contributed by atoms with E-state index in [4.69, 9.17) is 4.74 Å². The number of hydrogen-bond acceptors (Lipinski definition) is 6. The molecule has 0 aliphatic carbocycles. The monoisotopic (exact) mass is 514 g/mol. The van der Waals surface area contributed by atoms with Crippen molar-refractivity contribution in [2.24, 2.45) is 0 Å². The molecule has 1 atom stereocenters. The van der Waals surface area contributed by atoms with Gasteiger partial charge in [0.25, 0.3) is 0 Å². The molecule has 7 nitrogen and oxygen atoms in total. The number of rotatable bonds is 8. The molecule has 3 heterocycles. The van der Waals surface area contributed by atoms with Gasteiger partial charge in [0.05, 0.1) is 11.1 Å². The van der Waals surface area contributed by atoms with Crippen LogP contribution in [0.3, 0.4) is 0 Å². The van der Waals surface area contributed by atoms with E-state index in [0.29, 0.717) is 35.9 Å². The third kappa shape index (κ3) is 5.66. The predicted octanol–water partition coefficient (Wildman–Crippen LogP) is 5.23. The predicted molar refractivity (Wildman–Crippen MR) is 131 cm³/mol. The van der Waals surface area contributed by atoms with Gasteiger partial charge in [-0.1, -0.05) is 30.3 Å². The summed E-state index contributed by atoms with van der Waals surface area (Å²) in [6, 6.07) is 12.6. The second-order valence-corrected chi connectivity index (χ2v) is 8.95. The van der Waals surface area contributed by atoms with Gasteiger partial charge < -0.3 is 10.1 Å². The zero-order valence-electron chi connectivity index (χ0n) is 20.0. The number of hydrogen-bond donors (Lipinski definition) is 1. The lowest BCUT2D eigenvalue weighted by Crippen LogP contribution is -2.43. The SMILES string of the molecule is FCCN1CCC[C@@H](Nc2nnc(-c3ccc(C(F)(F)F)cc3OCc3ccccc3)n3ccnc23)C1. The van der Waals surface area contributed by atoms with E-state index in [2.05, 4.69) is 25.4 Å². The highest BCUT2D eigenvalue weighted by Crippen LogP contribution is 2.37. The summed E-state index contributed by atoms with van der Waals surface area (Å²) in [5, 5.41) is 12.1. The Labute approximate surface area is 211 Å². The standard InChI is InChI=1S/C26H26F4N6O/c27-10-13-35-12-4-7-20(16-35)32-23-25-31-11-14-36(25)24(34-33-23)21-9-8-19(26(28,29)30)15-22(21)37-17-18-5-2-1-3-6-18/h1-3,5-6,8-9,11,14-15,20H,4,7,10,12-13,16-17H2,(H,32,33)/t20-/m1/s1. The fourth-order valence-electron chi connectivity index (χ4n) is 4.54. The molecule has 0 saturated carbocycles. The molecule has 37 heavy (non-hydrogen) atoms. The summed E-state index contributed by atoms with van der Waals surface area (Å²) in [4.78, 5) is 6.47. The first-order valence-corrected chi connectivity index (χ1v) is 12.1. The van der Waals surface area contributed by atoms with Crippen molar-refractivity contribution in [2.45, 2.75) is 31.7 Å². The average molecular weight is 515 g/mol. The second-order valence-electron chi connectivity index (χ2n) is 8.95. The van der Waals surface area contributed by atoms with Gasteiger partial charge in [0.15, 0.2) is 17.3 Å². The van der Waals surface area contributed by atoms with Crippen LogP contribution in [0.25, 0.3) is 17.0 Å². The zero-order chi connectivity index (χ0) is 25.8. The fourth-order valence-corrected chi connectivity index (χ4v) is 4.54. The van der Waals surface area contributed by atoms with E-state index in [9.17, 15) is 17.6 Å². The summed E-state index contributed by atoms with van der Waals surface area (Å²) in [6.45, 7) is 1.61. The van der Waals surface area contributed by atoms with Gasteiger partial charge in [-0.05, 0) is 43.1 Å². The molecule has 4 aromatic rings. The maximum atomic E-state index is 13.5. The minimum Gasteiger partial charge on any atom is -0.488 e. The first kappa shape index (κ1) is 24.9. The Morgan fingerprint density at radius 3 is 2.70 bits per heavy atom. The molecule has 1 aliphatic heterocycles. The molecule has 1 saturated heterocycles. The number of piperidine rings is 1. The zero-order valence-corrected chi connectivity index (χ0v) is 20.0. The minimum absolute atomic E-state index is 0.0397. The molecular weight excluding hydrogens is 488 g/mol. The summed E-state index contributed by atoms with van der Waals surface area (Å²) in [7, 11) is 0. The Hall–Kier alpha value is -3.73. The van der Waals surface area contributed by atoms with Crippen molar-refractivity contribution in [3.8, 4) is 17.1 Å². The van der Waals surface area contributed by atoms with Crippen LogP contribution >= 0.6 is 0 Å². The summed E-state index contributed by atoms with van der Waals surface area (Å²) >= 11 is 0. The average Bonchev–Trinajstić information content (AvgIpc) is 3.39. The molecule has 2 aromatic heterocycles. The van der Waals surface area contributed by atoms with Gasteiger partial charge in [-0.3, -0.25) is 9.30 Å². The number of alkyl halides is 4. The third-order valence-corrected chi connectivity index (χ3v) is 6.36. The highest BCUT2D eigenvalue weighted by molar-refractivity contribution is 5.71. The van der Waals surface area contributed by atoms with Crippen LogP contribution in [0.4, 0.5) is 23.4 Å². The van der Waals surface area contributed by atoms with Crippen LogP contribution < -0.4 is 10.1 Å². The van der Waals surface area contributed by atoms with Crippen molar-refractivity contribution in [3.05, 3.63) is 72.1 Å². The number of ether oxygens (including phenoxy) is 1. The van der Waals surface area contributed by atoms with Crippen LogP contribution in [0.15, 0.2) is 60.9 Å². The Bertz CT molecular complexity index is 1340. The highest BCUT2D eigenvalue weighted by atomic mass is 19.4. The van der Waals surface area contributed by atoms with E-state index in [-0.39, 0.29) is 18.4 Å². The molecule has 11 heteroatoms. The van der Waals surface area contributed by atoms with Crippen molar-refractivity contribution in [1.29, 1.82) is 0 Å². The lowest BCUT2D eigenvalue weighted by molar-refractivity contribution is -0.137. The van der Waals surface area contributed by atoms with Crippen LogP contribution in [0.2, 0.25) is 0 Å². The van der Waals surface area contributed by atoms with E-state index in [1.165, 1.54) is 6.07 Å². The molecule has 0 amide bonds. The van der Waals surface area contributed by atoms with Gasteiger partial charge in [-0.25, -0.2) is 9.37 Å². The number of nitrogens with zero attached hydrogens (tertiary/aromatic N) is 5. The summed E-state index contributed by atoms with van der Waals surface area (Å²) in [5.74, 6) is 0.801. The van der Waals surface area contributed by atoms with Crippen LogP contribution in [0, 0.1) is 0 Å². The normalized spacial score (nSPS) is 16.7. The van der Waals surface area contributed by atoms with E-state index >= 15 is 0 Å². The van der Waals surface area contributed by atoms with E-state index in [1.54, 1.807) is 16.8 Å². The van der Waals surface area contributed by atoms with Crippen LogP contribution in [0.5, 0.6) is 5.75 Å². The highest BCUT2D eigenvalue weighted by Gasteiger charge is 2.32. The molecule has 2 aromatic carbocycles. The summed E-state index contributed by atoms with van der Waals surface area (Å²) < 4.78 is 60.8. The lowest BCUT2D eigenvalue weighted by atomic mass is 10.1. The number of likely N-dealkylation sites (tertiary alicyclic amines) is 1. The van der Waals surface area contributed by atoms with Crippen LogP contribution in [0.1, 0.15) is 24.0 Å². The molecule has 1 N–H and O–H groups in total. The summed E-state index contributed by atoms with van der Waals surface area (Å²) in [6.07, 6.45) is 0.567. The number of nitrogens with one attached hydrogen (secondary N) is 1. The van der Waals surface area contributed by atoms with Crippen LogP contribution in [-0.2, 0) is 12.8 Å². The molecule has 0 unspecified atom stereocenters. The van der Waals surface area contributed by atoms with E-state index < -0.39 is 18.4 Å². The van der Waals surface area contributed by atoms with Crippen molar-refractivity contribution < 1.29 is 22.3 Å². The van der Waals surface area contributed by atoms with E-state index in [0.717, 1.165) is 37.1 Å². The molecule has 1 fully saturated rings. The Kier molecular flexibility index (Phi) is 7.22. The maximum Gasteiger partial charge on any atom is 0.416 e. The fraction of sp³-hybridized carbons (Fsp3) is 0.346. The van der Waals surface area contributed by atoms with Gasteiger partial charge in [0.1, 0.15) is 19.0 Å². The lowest BCUT2D eigenvalue weighted by Gasteiger charge is -2.32. The van der Waals surface area contributed by atoms with Crippen molar-refractivity contribution in [2.75, 3.05) is 31.6 Å². The largest absolute Gasteiger partial charge is 0.488 e. The number of aromatic nitrogens is 4. The van der Waals surface area contributed by atoms with Gasteiger partial charge in [0, 0.05) is 31.5 Å². The van der Waals surface area contributed by atoms with E-state index in [1.807, 2.05) is 30.3 Å². The molecule has 5 rings (SSSR count). The Morgan fingerprint density at radius 1 is 1.08 bits per heavy atom. The molecular formula is C26H26F4N6O. The molecule has 194 valence electrons. The smallest absolute Gasteiger partial charge is 0.416 e. The number of fused-ring (bicyclic) bond motifs is 1. The second kappa shape index (κ2) is 10.7. The first-order chi connectivity index (χ1) is 17.9. The third-order valence-electron chi connectivity index (χ3n) is 6.36. The molecule has 0 radical (unpaired) electrons. The Balaban J connectivity index is 1.47. The Morgan fingerprint density at radius 2 is 1.92 bits per heavy atom. The number of halogens is 4. The van der Waals surface area contributed by atoms with Crippen molar-refractivity contribution in [3.63, 3.8) is 0 Å².